The van der Waals surface area contributed by atoms with E-state index in [-0.39, 0.29) is 0 Å². The number of benzene rings is 1. The average molecular weight is 285 g/mol. The first-order valence-corrected chi connectivity index (χ1v) is 7.98. The smallest absolute Gasteiger partial charge is 0.0762 e. The van der Waals surface area contributed by atoms with Crippen LogP contribution in [0.5, 0.6) is 0 Å². The SMILES string of the molecule is CCC(CC)n1ccc(CN[C@@H](C)c2ccc(C)cc2)n1. The molecule has 3 heteroatoms. The van der Waals surface area contributed by atoms with Crippen molar-refractivity contribution in [3.8, 4) is 0 Å². The number of aromatic nitrogens is 2. The van der Waals surface area contributed by atoms with Crippen LogP contribution in [0.1, 0.15) is 62.5 Å². The molecule has 1 N–H and O–H groups in total. The lowest BCUT2D eigenvalue weighted by Gasteiger charge is -2.14. The zero-order chi connectivity index (χ0) is 15.2. The number of hydrogen-bond acceptors (Lipinski definition) is 2. The van der Waals surface area contributed by atoms with Crippen molar-refractivity contribution >= 4 is 0 Å². The van der Waals surface area contributed by atoms with Gasteiger partial charge in [0.1, 0.15) is 0 Å². The van der Waals surface area contributed by atoms with E-state index in [9.17, 15) is 0 Å². The molecule has 2 rings (SSSR count). The Morgan fingerprint density at radius 1 is 1.10 bits per heavy atom. The Kier molecular flexibility index (Phi) is 5.57. The Hall–Kier alpha value is -1.61. The molecule has 3 nitrogen and oxygen atoms in total. The molecule has 1 aromatic heterocycles. The maximum absolute atomic E-state index is 4.69. The Bertz CT molecular complexity index is 538. The second-order valence-corrected chi connectivity index (χ2v) is 5.77. The predicted molar refractivity (Wildman–Crippen MR) is 88.3 cm³/mol. The van der Waals surface area contributed by atoms with Gasteiger partial charge in [-0.15, -0.1) is 0 Å². The van der Waals surface area contributed by atoms with Crippen molar-refractivity contribution in [1.29, 1.82) is 0 Å². The molecule has 2 aromatic rings. The van der Waals surface area contributed by atoms with Gasteiger partial charge in [0.25, 0.3) is 0 Å². The van der Waals surface area contributed by atoms with Crippen molar-refractivity contribution in [2.24, 2.45) is 0 Å². The average Bonchev–Trinajstić information content (AvgIpc) is 2.96. The number of nitrogens with one attached hydrogen (secondary N) is 1. The van der Waals surface area contributed by atoms with Crippen LogP contribution < -0.4 is 5.32 Å². The van der Waals surface area contributed by atoms with Gasteiger partial charge in [0, 0.05) is 18.8 Å². The molecule has 1 atom stereocenters. The van der Waals surface area contributed by atoms with Gasteiger partial charge >= 0.3 is 0 Å². The topological polar surface area (TPSA) is 29.9 Å². The molecule has 0 aliphatic heterocycles. The minimum Gasteiger partial charge on any atom is -0.304 e. The normalized spacial score (nSPS) is 12.8. The van der Waals surface area contributed by atoms with Gasteiger partial charge in [-0.2, -0.15) is 5.10 Å². The quantitative estimate of drug-likeness (QED) is 0.817. The van der Waals surface area contributed by atoms with Gasteiger partial charge in [-0.3, -0.25) is 4.68 Å². The van der Waals surface area contributed by atoms with Crippen LogP contribution in [-0.2, 0) is 6.54 Å². The molecule has 0 amide bonds. The van der Waals surface area contributed by atoms with Crippen molar-refractivity contribution in [2.75, 3.05) is 0 Å². The van der Waals surface area contributed by atoms with Crippen LogP contribution in [0.25, 0.3) is 0 Å². The fourth-order valence-electron chi connectivity index (χ4n) is 2.57. The summed E-state index contributed by atoms with van der Waals surface area (Å²) in [6.45, 7) is 9.55. The second kappa shape index (κ2) is 7.41. The summed E-state index contributed by atoms with van der Waals surface area (Å²) in [4.78, 5) is 0. The van der Waals surface area contributed by atoms with Crippen LogP contribution in [0.4, 0.5) is 0 Å². The minimum atomic E-state index is 0.337. The van der Waals surface area contributed by atoms with Crippen molar-refractivity contribution in [3.63, 3.8) is 0 Å². The molecule has 0 radical (unpaired) electrons. The van der Waals surface area contributed by atoms with E-state index in [0.717, 1.165) is 25.1 Å². The standard InChI is InChI=1S/C18H27N3/c1-5-18(6-2)21-12-11-17(20-21)13-19-15(4)16-9-7-14(3)8-10-16/h7-12,15,18-19H,5-6,13H2,1-4H3/t15-/m0/s1. The highest BCUT2D eigenvalue weighted by Gasteiger charge is 2.09. The number of aryl methyl sites for hydroxylation is 1. The van der Waals surface area contributed by atoms with Gasteiger partial charge in [-0.05, 0) is 38.3 Å². The maximum atomic E-state index is 4.69. The molecule has 0 saturated carbocycles. The first-order valence-electron chi connectivity index (χ1n) is 7.98. The lowest BCUT2D eigenvalue weighted by atomic mass is 10.1. The third-order valence-corrected chi connectivity index (χ3v) is 4.15. The first kappa shape index (κ1) is 15.8. The van der Waals surface area contributed by atoms with Crippen LogP contribution in [0.15, 0.2) is 36.5 Å². The monoisotopic (exact) mass is 285 g/mol. The molecule has 1 aromatic carbocycles. The summed E-state index contributed by atoms with van der Waals surface area (Å²) in [7, 11) is 0. The van der Waals surface area contributed by atoms with Crippen molar-refractivity contribution < 1.29 is 0 Å². The van der Waals surface area contributed by atoms with E-state index in [2.05, 4.69) is 79.3 Å². The van der Waals surface area contributed by atoms with E-state index >= 15 is 0 Å². The second-order valence-electron chi connectivity index (χ2n) is 5.77. The number of nitrogens with zero attached hydrogens (tertiary/aromatic N) is 2. The highest BCUT2D eigenvalue weighted by atomic mass is 15.3. The highest BCUT2D eigenvalue weighted by Crippen LogP contribution is 2.16. The lowest BCUT2D eigenvalue weighted by Crippen LogP contribution is -2.18. The summed E-state index contributed by atoms with van der Waals surface area (Å²) in [5.41, 5.74) is 3.73. The van der Waals surface area contributed by atoms with Crippen LogP contribution in [0.3, 0.4) is 0 Å². The Morgan fingerprint density at radius 2 is 1.76 bits per heavy atom. The predicted octanol–water partition coefficient (Wildman–Crippen LogP) is 4.40. The molecule has 0 saturated heterocycles. The number of hydrogen-bond donors (Lipinski definition) is 1. The van der Waals surface area contributed by atoms with E-state index in [1.807, 2.05) is 0 Å². The van der Waals surface area contributed by atoms with Crippen LogP contribution in [0, 0.1) is 6.92 Å². The van der Waals surface area contributed by atoms with Gasteiger partial charge in [0.05, 0.1) is 11.7 Å². The fourth-order valence-corrected chi connectivity index (χ4v) is 2.57. The first-order chi connectivity index (χ1) is 10.1. The molecule has 1 heterocycles. The minimum absolute atomic E-state index is 0.337. The van der Waals surface area contributed by atoms with E-state index in [4.69, 9.17) is 0 Å². The van der Waals surface area contributed by atoms with Crippen molar-refractivity contribution in [1.82, 2.24) is 15.1 Å². The fraction of sp³-hybridized carbons (Fsp3) is 0.500. The van der Waals surface area contributed by atoms with E-state index in [0.29, 0.717) is 12.1 Å². The molecule has 0 fully saturated rings. The molecular formula is C18H27N3. The van der Waals surface area contributed by atoms with Crippen molar-refractivity contribution in [2.45, 2.75) is 59.2 Å². The lowest BCUT2D eigenvalue weighted by molar-refractivity contribution is 0.423. The van der Waals surface area contributed by atoms with E-state index < -0.39 is 0 Å². The molecular weight excluding hydrogens is 258 g/mol. The van der Waals surface area contributed by atoms with Gasteiger partial charge in [-0.1, -0.05) is 43.7 Å². The summed E-state index contributed by atoms with van der Waals surface area (Å²) in [6.07, 6.45) is 4.36. The van der Waals surface area contributed by atoms with E-state index in [1.54, 1.807) is 0 Å². The largest absolute Gasteiger partial charge is 0.304 e. The molecule has 0 spiro atoms. The number of rotatable bonds is 7. The third kappa shape index (κ3) is 4.18. The van der Waals surface area contributed by atoms with Gasteiger partial charge in [0.15, 0.2) is 0 Å². The van der Waals surface area contributed by atoms with Gasteiger partial charge in [0.2, 0.25) is 0 Å². The zero-order valence-corrected chi connectivity index (χ0v) is 13.6. The van der Waals surface area contributed by atoms with Gasteiger partial charge in [-0.25, -0.2) is 0 Å². The highest BCUT2D eigenvalue weighted by molar-refractivity contribution is 5.23. The summed E-state index contributed by atoms with van der Waals surface area (Å²) in [5.74, 6) is 0. The molecule has 0 bridgehead atoms. The summed E-state index contributed by atoms with van der Waals surface area (Å²) in [5, 5.41) is 8.23. The Morgan fingerprint density at radius 3 is 2.38 bits per heavy atom. The van der Waals surface area contributed by atoms with Gasteiger partial charge < -0.3 is 5.32 Å². The van der Waals surface area contributed by atoms with Crippen LogP contribution in [0.2, 0.25) is 0 Å². The zero-order valence-electron chi connectivity index (χ0n) is 13.6. The van der Waals surface area contributed by atoms with E-state index in [1.165, 1.54) is 11.1 Å². The van der Waals surface area contributed by atoms with Crippen LogP contribution >= 0.6 is 0 Å². The maximum Gasteiger partial charge on any atom is 0.0762 e. The van der Waals surface area contributed by atoms with Crippen LogP contribution in [-0.4, -0.2) is 9.78 Å². The summed E-state index contributed by atoms with van der Waals surface area (Å²) in [6, 6.07) is 11.7. The van der Waals surface area contributed by atoms with Crippen molar-refractivity contribution in [3.05, 3.63) is 53.3 Å². The molecule has 0 unspecified atom stereocenters. The molecule has 0 aliphatic rings. The summed E-state index contributed by atoms with van der Waals surface area (Å²) < 4.78 is 2.10. The molecule has 0 aliphatic carbocycles. The summed E-state index contributed by atoms with van der Waals surface area (Å²) >= 11 is 0. The molecule has 114 valence electrons. The molecule has 21 heavy (non-hydrogen) atoms. The Balaban J connectivity index is 1.92. The Labute approximate surface area is 128 Å². The third-order valence-electron chi connectivity index (χ3n) is 4.15.